The zero-order valence-corrected chi connectivity index (χ0v) is 12.0. The number of rotatable bonds is 4. The number of nitrogens with one attached hydrogen (secondary N) is 2. The van der Waals surface area contributed by atoms with Gasteiger partial charge in [0.2, 0.25) is 0 Å². The van der Waals surface area contributed by atoms with Crippen molar-refractivity contribution in [3.8, 4) is 0 Å². The van der Waals surface area contributed by atoms with Gasteiger partial charge in [-0.05, 0) is 44.5 Å². The molecule has 0 spiro atoms. The molecule has 20 heavy (non-hydrogen) atoms. The second-order valence-electron chi connectivity index (χ2n) is 5.00. The molecular weight excluding hydrogens is 250 g/mol. The summed E-state index contributed by atoms with van der Waals surface area (Å²) in [6.07, 6.45) is 1.65. The number of amides is 1. The molecule has 1 aromatic heterocycles. The number of anilines is 2. The molecule has 4 nitrogen and oxygen atoms in total. The summed E-state index contributed by atoms with van der Waals surface area (Å²) in [6, 6.07) is 11.5. The Morgan fingerprint density at radius 1 is 1.15 bits per heavy atom. The summed E-state index contributed by atoms with van der Waals surface area (Å²) in [5, 5.41) is 6.05. The van der Waals surface area contributed by atoms with Crippen LogP contribution in [0.3, 0.4) is 0 Å². The van der Waals surface area contributed by atoms with Gasteiger partial charge in [0.05, 0.1) is 11.9 Å². The highest BCUT2D eigenvalue weighted by Crippen LogP contribution is 2.13. The number of hydrogen-bond acceptors (Lipinski definition) is 3. The van der Waals surface area contributed by atoms with Crippen LogP contribution in [0.4, 0.5) is 11.5 Å². The molecule has 0 radical (unpaired) electrons. The van der Waals surface area contributed by atoms with Crippen LogP contribution in [0.2, 0.25) is 0 Å². The fourth-order valence-electron chi connectivity index (χ4n) is 1.88. The van der Waals surface area contributed by atoms with E-state index in [-0.39, 0.29) is 5.91 Å². The van der Waals surface area contributed by atoms with E-state index in [0.29, 0.717) is 17.3 Å². The quantitative estimate of drug-likeness (QED) is 0.893. The molecular formula is C16H19N3O. The zero-order chi connectivity index (χ0) is 14.5. The van der Waals surface area contributed by atoms with Crippen molar-refractivity contribution in [1.29, 1.82) is 0 Å². The van der Waals surface area contributed by atoms with Gasteiger partial charge in [-0.3, -0.25) is 4.79 Å². The van der Waals surface area contributed by atoms with Gasteiger partial charge in [0.1, 0.15) is 5.82 Å². The summed E-state index contributed by atoms with van der Waals surface area (Å²) in [5.41, 5.74) is 2.32. The van der Waals surface area contributed by atoms with E-state index in [9.17, 15) is 4.79 Å². The van der Waals surface area contributed by atoms with Gasteiger partial charge in [-0.25, -0.2) is 4.98 Å². The standard InChI is InChI=1S/C16H19N3O/c1-11(2)18-15-9-8-13(10-17-15)19-16(20)14-7-5-4-6-12(14)3/h4-11H,1-3H3,(H,17,18)(H,19,20). The third-order valence-electron chi connectivity index (χ3n) is 2.85. The molecule has 0 aliphatic rings. The smallest absolute Gasteiger partial charge is 0.255 e. The second-order valence-corrected chi connectivity index (χ2v) is 5.00. The fraction of sp³-hybridized carbons (Fsp3) is 0.250. The molecule has 0 aliphatic carbocycles. The van der Waals surface area contributed by atoms with Crippen molar-refractivity contribution >= 4 is 17.4 Å². The number of aryl methyl sites for hydroxylation is 1. The molecule has 0 fully saturated rings. The van der Waals surface area contributed by atoms with E-state index in [2.05, 4.69) is 29.5 Å². The first-order valence-electron chi connectivity index (χ1n) is 6.66. The SMILES string of the molecule is Cc1ccccc1C(=O)Nc1ccc(NC(C)C)nc1. The maximum absolute atomic E-state index is 12.1. The summed E-state index contributed by atoms with van der Waals surface area (Å²) < 4.78 is 0. The lowest BCUT2D eigenvalue weighted by molar-refractivity contribution is 0.102. The van der Waals surface area contributed by atoms with Gasteiger partial charge in [-0.15, -0.1) is 0 Å². The Morgan fingerprint density at radius 3 is 2.50 bits per heavy atom. The molecule has 2 rings (SSSR count). The molecule has 4 heteroatoms. The van der Waals surface area contributed by atoms with Crippen LogP contribution >= 0.6 is 0 Å². The Labute approximate surface area is 119 Å². The lowest BCUT2D eigenvalue weighted by atomic mass is 10.1. The van der Waals surface area contributed by atoms with Crippen LogP contribution in [0.25, 0.3) is 0 Å². The van der Waals surface area contributed by atoms with Crippen molar-refractivity contribution in [2.75, 3.05) is 10.6 Å². The highest BCUT2D eigenvalue weighted by molar-refractivity contribution is 6.05. The lowest BCUT2D eigenvalue weighted by Gasteiger charge is -2.10. The molecule has 0 saturated carbocycles. The third kappa shape index (κ3) is 3.57. The van der Waals surface area contributed by atoms with Gasteiger partial charge >= 0.3 is 0 Å². The molecule has 1 amide bonds. The van der Waals surface area contributed by atoms with Crippen LogP contribution in [-0.2, 0) is 0 Å². The van der Waals surface area contributed by atoms with Crippen LogP contribution < -0.4 is 10.6 Å². The predicted molar refractivity (Wildman–Crippen MR) is 82.1 cm³/mol. The summed E-state index contributed by atoms with van der Waals surface area (Å²) in [5.74, 6) is 0.684. The number of carbonyl (C=O) groups excluding carboxylic acids is 1. The van der Waals surface area contributed by atoms with E-state index in [1.165, 1.54) is 0 Å². The first-order valence-corrected chi connectivity index (χ1v) is 6.66. The first-order chi connectivity index (χ1) is 9.56. The summed E-state index contributed by atoms with van der Waals surface area (Å²) >= 11 is 0. The minimum Gasteiger partial charge on any atom is -0.368 e. The molecule has 0 saturated heterocycles. The number of nitrogens with zero attached hydrogens (tertiary/aromatic N) is 1. The number of benzene rings is 1. The Bertz CT molecular complexity index is 591. The Balaban J connectivity index is 2.07. The van der Waals surface area contributed by atoms with Crippen molar-refractivity contribution < 1.29 is 4.79 Å². The summed E-state index contributed by atoms with van der Waals surface area (Å²) in [4.78, 5) is 16.4. The van der Waals surface area contributed by atoms with E-state index in [0.717, 1.165) is 11.4 Å². The van der Waals surface area contributed by atoms with E-state index >= 15 is 0 Å². The molecule has 0 aliphatic heterocycles. The minimum atomic E-state index is -0.116. The maximum atomic E-state index is 12.1. The van der Waals surface area contributed by atoms with Crippen molar-refractivity contribution in [2.45, 2.75) is 26.8 Å². The van der Waals surface area contributed by atoms with Gasteiger partial charge in [-0.2, -0.15) is 0 Å². The van der Waals surface area contributed by atoms with Gasteiger partial charge in [0.25, 0.3) is 5.91 Å². The van der Waals surface area contributed by atoms with E-state index in [4.69, 9.17) is 0 Å². The van der Waals surface area contributed by atoms with Gasteiger partial charge in [0, 0.05) is 11.6 Å². The molecule has 0 bridgehead atoms. The molecule has 0 unspecified atom stereocenters. The van der Waals surface area contributed by atoms with Gasteiger partial charge in [0.15, 0.2) is 0 Å². The van der Waals surface area contributed by atoms with Gasteiger partial charge < -0.3 is 10.6 Å². The highest BCUT2D eigenvalue weighted by atomic mass is 16.1. The van der Waals surface area contributed by atoms with Crippen LogP contribution in [-0.4, -0.2) is 16.9 Å². The third-order valence-corrected chi connectivity index (χ3v) is 2.85. The Kier molecular flexibility index (Phi) is 4.35. The highest BCUT2D eigenvalue weighted by Gasteiger charge is 2.08. The molecule has 2 N–H and O–H groups in total. The topological polar surface area (TPSA) is 54.0 Å². The average Bonchev–Trinajstić information content (AvgIpc) is 2.41. The van der Waals surface area contributed by atoms with Crippen molar-refractivity contribution in [1.82, 2.24) is 4.98 Å². The lowest BCUT2D eigenvalue weighted by Crippen LogP contribution is -2.14. The van der Waals surface area contributed by atoms with Crippen molar-refractivity contribution in [3.63, 3.8) is 0 Å². The average molecular weight is 269 g/mol. The maximum Gasteiger partial charge on any atom is 0.255 e. The number of carbonyl (C=O) groups is 1. The summed E-state index contributed by atoms with van der Waals surface area (Å²) in [6.45, 7) is 6.02. The normalized spacial score (nSPS) is 10.4. The predicted octanol–water partition coefficient (Wildman–Crippen LogP) is 3.46. The molecule has 104 valence electrons. The van der Waals surface area contributed by atoms with Crippen LogP contribution in [0.5, 0.6) is 0 Å². The Hall–Kier alpha value is -2.36. The van der Waals surface area contributed by atoms with Gasteiger partial charge in [-0.1, -0.05) is 18.2 Å². The van der Waals surface area contributed by atoms with E-state index in [1.807, 2.05) is 43.3 Å². The van der Waals surface area contributed by atoms with Crippen LogP contribution in [0.15, 0.2) is 42.6 Å². The van der Waals surface area contributed by atoms with E-state index < -0.39 is 0 Å². The first kappa shape index (κ1) is 14.1. The largest absolute Gasteiger partial charge is 0.368 e. The molecule has 1 heterocycles. The minimum absolute atomic E-state index is 0.116. The number of hydrogen-bond donors (Lipinski definition) is 2. The van der Waals surface area contributed by atoms with E-state index in [1.54, 1.807) is 6.20 Å². The monoisotopic (exact) mass is 269 g/mol. The zero-order valence-electron chi connectivity index (χ0n) is 12.0. The Morgan fingerprint density at radius 2 is 1.90 bits per heavy atom. The van der Waals surface area contributed by atoms with Crippen LogP contribution in [0, 0.1) is 6.92 Å². The molecule has 0 atom stereocenters. The molecule has 2 aromatic rings. The number of pyridine rings is 1. The second kappa shape index (κ2) is 6.19. The number of aromatic nitrogens is 1. The summed E-state index contributed by atoms with van der Waals surface area (Å²) in [7, 11) is 0. The van der Waals surface area contributed by atoms with Crippen molar-refractivity contribution in [3.05, 3.63) is 53.7 Å². The molecule has 1 aromatic carbocycles. The van der Waals surface area contributed by atoms with Crippen molar-refractivity contribution in [2.24, 2.45) is 0 Å². The van der Waals surface area contributed by atoms with Crippen LogP contribution in [0.1, 0.15) is 29.8 Å². The fourth-order valence-corrected chi connectivity index (χ4v) is 1.88.